The van der Waals surface area contributed by atoms with Crippen LogP contribution >= 0.6 is 0 Å². The number of rotatable bonds is 2. The highest BCUT2D eigenvalue weighted by Crippen LogP contribution is 2.18. The van der Waals surface area contributed by atoms with Crippen LogP contribution in [-0.4, -0.2) is 24.1 Å². The molecule has 0 spiro atoms. The molecule has 4 heteroatoms. The quantitative estimate of drug-likeness (QED) is 0.474. The summed E-state index contributed by atoms with van der Waals surface area (Å²) in [5.41, 5.74) is -0.286. The van der Waals surface area contributed by atoms with Crippen LogP contribution in [0.2, 0.25) is 0 Å². The summed E-state index contributed by atoms with van der Waals surface area (Å²) in [5, 5.41) is 0. The van der Waals surface area contributed by atoms with Crippen LogP contribution in [0, 0.1) is 5.92 Å². The SMILES string of the molecule is CC(C)(C)OCC1CC(=O)OC1=O. The molecule has 74 valence electrons. The van der Waals surface area contributed by atoms with E-state index >= 15 is 0 Å². The Morgan fingerprint density at radius 3 is 2.46 bits per heavy atom. The Hall–Kier alpha value is -0.900. The van der Waals surface area contributed by atoms with Gasteiger partial charge in [0.1, 0.15) is 0 Å². The van der Waals surface area contributed by atoms with Crippen molar-refractivity contribution >= 4 is 11.9 Å². The van der Waals surface area contributed by atoms with E-state index in [1.54, 1.807) is 0 Å². The fraction of sp³-hybridized carbons (Fsp3) is 0.778. The first-order chi connectivity index (χ1) is 5.88. The monoisotopic (exact) mass is 186 g/mol. The van der Waals surface area contributed by atoms with E-state index in [-0.39, 0.29) is 18.6 Å². The van der Waals surface area contributed by atoms with Gasteiger partial charge in [-0.2, -0.15) is 0 Å². The molecular weight excluding hydrogens is 172 g/mol. The molecule has 0 radical (unpaired) electrons. The molecule has 1 heterocycles. The van der Waals surface area contributed by atoms with Crippen molar-refractivity contribution in [2.45, 2.75) is 32.8 Å². The van der Waals surface area contributed by atoms with E-state index in [2.05, 4.69) is 4.74 Å². The fourth-order valence-corrected chi connectivity index (χ4v) is 0.999. The van der Waals surface area contributed by atoms with Crippen LogP contribution in [0.5, 0.6) is 0 Å². The second-order valence-corrected chi connectivity index (χ2v) is 4.12. The summed E-state index contributed by atoms with van der Waals surface area (Å²) >= 11 is 0. The third kappa shape index (κ3) is 3.14. The molecule has 1 unspecified atom stereocenters. The van der Waals surface area contributed by atoms with E-state index in [0.29, 0.717) is 0 Å². The second kappa shape index (κ2) is 3.46. The molecule has 1 aliphatic heterocycles. The molecule has 0 amide bonds. The molecule has 1 rings (SSSR count). The Morgan fingerprint density at radius 1 is 1.46 bits per heavy atom. The lowest BCUT2D eigenvalue weighted by Gasteiger charge is -2.20. The molecule has 0 N–H and O–H groups in total. The standard InChI is InChI=1S/C9H14O4/c1-9(2,3)12-5-6-4-7(10)13-8(6)11/h6H,4-5H2,1-3H3. The third-order valence-corrected chi connectivity index (χ3v) is 1.68. The van der Waals surface area contributed by atoms with Crippen molar-refractivity contribution in [1.29, 1.82) is 0 Å². The maximum atomic E-state index is 11.0. The van der Waals surface area contributed by atoms with Crippen LogP contribution in [-0.2, 0) is 19.1 Å². The highest BCUT2D eigenvalue weighted by molar-refractivity contribution is 5.94. The lowest BCUT2D eigenvalue weighted by atomic mass is 10.1. The zero-order chi connectivity index (χ0) is 10.1. The summed E-state index contributed by atoms with van der Waals surface area (Å²) in [7, 11) is 0. The molecule has 1 atom stereocenters. The Balaban J connectivity index is 2.38. The van der Waals surface area contributed by atoms with Gasteiger partial charge in [0.2, 0.25) is 0 Å². The van der Waals surface area contributed by atoms with Crippen molar-refractivity contribution in [1.82, 2.24) is 0 Å². The van der Waals surface area contributed by atoms with Crippen LogP contribution in [0.4, 0.5) is 0 Å². The van der Waals surface area contributed by atoms with Crippen molar-refractivity contribution in [3.8, 4) is 0 Å². The fourth-order valence-electron chi connectivity index (χ4n) is 0.999. The van der Waals surface area contributed by atoms with Crippen molar-refractivity contribution in [3.05, 3.63) is 0 Å². The predicted octanol–water partition coefficient (Wildman–Crippen LogP) is 0.891. The Kier molecular flexibility index (Phi) is 2.71. The molecule has 0 aromatic heterocycles. The predicted molar refractivity (Wildman–Crippen MR) is 44.9 cm³/mol. The number of ether oxygens (including phenoxy) is 2. The number of carbonyl (C=O) groups is 2. The highest BCUT2D eigenvalue weighted by atomic mass is 16.6. The molecule has 4 nitrogen and oxygen atoms in total. The maximum absolute atomic E-state index is 11.0. The van der Waals surface area contributed by atoms with E-state index in [1.807, 2.05) is 20.8 Å². The minimum atomic E-state index is -0.464. The smallest absolute Gasteiger partial charge is 0.319 e. The van der Waals surface area contributed by atoms with Gasteiger partial charge in [-0.3, -0.25) is 9.59 Å². The molecule has 1 aliphatic rings. The largest absolute Gasteiger partial charge is 0.393 e. The van der Waals surface area contributed by atoms with Crippen LogP contribution in [0.3, 0.4) is 0 Å². The van der Waals surface area contributed by atoms with Crippen LogP contribution in [0.25, 0.3) is 0 Å². The van der Waals surface area contributed by atoms with Gasteiger partial charge in [0.25, 0.3) is 0 Å². The number of carbonyl (C=O) groups excluding carboxylic acids is 2. The summed E-state index contributed by atoms with van der Waals surface area (Å²) in [4.78, 5) is 21.7. The molecule has 0 aliphatic carbocycles. The van der Waals surface area contributed by atoms with Gasteiger partial charge in [-0.05, 0) is 20.8 Å². The summed E-state index contributed by atoms with van der Waals surface area (Å²) in [5.74, 6) is -1.33. The Morgan fingerprint density at radius 2 is 2.08 bits per heavy atom. The van der Waals surface area contributed by atoms with Crippen LogP contribution in [0.15, 0.2) is 0 Å². The van der Waals surface area contributed by atoms with Crippen molar-refractivity contribution < 1.29 is 19.1 Å². The summed E-state index contributed by atoms with van der Waals surface area (Å²) in [6.07, 6.45) is 0.148. The van der Waals surface area contributed by atoms with Crippen molar-refractivity contribution in [2.24, 2.45) is 5.92 Å². The zero-order valence-corrected chi connectivity index (χ0v) is 8.12. The first-order valence-electron chi connectivity index (χ1n) is 4.27. The Bertz CT molecular complexity index is 226. The first kappa shape index (κ1) is 10.2. The number of esters is 2. The Labute approximate surface area is 77.2 Å². The van der Waals surface area contributed by atoms with Gasteiger partial charge in [-0.1, -0.05) is 0 Å². The molecular formula is C9H14O4. The van der Waals surface area contributed by atoms with Crippen molar-refractivity contribution in [2.75, 3.05) is 6.61 Å². The van der Waals surface area contributed by atoms with E-state index < -0.39 is 17.9 Å². The molecule has 1 saturated heterocycles. The zero-order valence-electron chi connectivity index (χ0n) is 8.12. The summed E-state index contributed by atoms with van der Waals surface area (Å²) < 4.78 is 9.76. The van der Waals surface area contributed by atoms with Gasteiger partial charge in [0, 0.05) is 0 Å². The molecule has 1 fully saturated rings. The van der Waals surface area contributed by atoms with E-state index in [9.17, 15) is 9.59 Å². The lowest BCUT2D eigenvalue weighted by Crippen LogP contribution is -2.25. The minimum Gasteiger partial charge on any atom is -0.393 e. The first-order valence-corrected chi connectivity index (χ1v) is 4.27. The van der Waals surface area contributed by atoms with Crippen molar-refractivity contribution in [3.63, 3.8) is 0 Å². The van der Waals surface area contributed by atoms with Gasteiger partial charge < -0.3 is 9.47 Å². The average molecular weight is 186 g/mol. The highest BCUT2D eigenvalue weighted by Gasteiger charge is 2.34. The summed E-state index contributed by atoms with van der Waals surface area (Å²) in [6.45, 7) is 5.95. The number of hydrogen-bond acceptors (Lipinski definition) is 4. The molecule has 0 bridgehead atoms. The number of cyclic esters (lactones) is 2. The van der Waals surface area contributed by atoms with Gasteiger partial charge in [-0.15, -0.1) is 0 Å². The van der Waals surface area contributed by atoms with E-state index in [1.165, 1.54) is 0 Å². The average Bonchev–Trinajstić information content (AvgIpc) is 2.24. The van der Waals surface area contributed by atoms with Gasteiger partial charge in [0.05, 0.1) is 24.5 Å². The van der Waals surface area contributed by atoms with Crippen LogP contribution < -0.4 is 0 Å². The molecule has 0 aromatic carbocycles. The number of hydrogen-bond donors (Lipinski definition) is 0. The summed E-state index contributed by atoms with van der Waals surface area (Å²) in [6, 6.07) is 0. The van der Waals surface area contributed by atoms with E-state index in [4.69, 9.17) is 4.74 Å². The van der Waals surface area contributed by atoms with E-state index in [0.717, 1.165) is 0 Å². The second-order valence-electron chi connectivity index (χ2n) is 4.12. The topological polar surface area (TPSA) is 52.6 Å². The molecule has 0 aromatic rings. The molecule has 0 saturated carbocycles. The lowest BCUT2D eigenvalue weighted by molar-refractivity contribution is -0.154. The van der Waals surface area contributed by atoms with Gasteiger partial charge in [0.15, 0.2) is 0 Å². The third-order valence-electron chi connectivity index (χ3n) is 1.68. The maximum Gasteiger partial charge on any atom is 0.319 e. The minimum absolute atomic E-state index is 0.148. The van der Waals surface area contributed by atoms with Gasteiger partial charge >= 0.3 is 11.9 Å². The normalized spacial score (nSPS) is 23.5. The molecule has 13 heavy (non-hydrogen) atoms. The van der Waals surface area contributed by atoms with Gasteiger partial charge in [-0.25, -0.2) is 0 Å². The van der Waals surface area contributed by atoms with Crippen LogP contribution in [0.1, 0.15) is 27.2 Å².